The molecular weight excluding hydrogens is 236 g/mol. The van der Waals surface area contributed by atoms with Crippen LogP contribution < -0.4 is 4.90 Å². The summed E-state index contributed by atoms with van der Waals surface area (Å²) in [5, 5.41) is 18.1. The van der Waals surface area contributed by atoms with Crippen molar-refractivity contribution in [3.8, 4) is 6.07 Å². The Labute approximate surface area is 116 Å². The van der Waals surface area contributed by atoms with Crippen LogP contribution in [0.1, 0.15) is 44.2 Å². The monoisotopic (exact) mass is 260 g/mol. The van der Waals surface area contributed by atoms with Crippen LogP contribution in [-0.4, -0.2) is 24.3 Å². The van der Waals surface area contributed by atoms with Gasteiger partial charge in [0.2, 0.25) is 0 Å². The van der Waals surface area contributed by atoms with E-state index >= 15 is 0 Å². The van der Waals surface area contributed by atoms with Crippen molar-refractivity contribution >= 4 is 5.69 Å². The van der Waals surface area contributed by atoms with E-state index in [-0.39, 0.29) is 6.61 Å². The van der Waals surface area contributed by atoms with Crippen molar-refractivity contribution in [3.63, 3.8) is 0 Å². The number of aryl methyl sites for hydroxylation is 1. The minimum absolute atomic E-state index is 0.214. The topological polar surface area (TPSA) is 47.3 Å². The van der Waals surface area contributed by atoms with Crippen molar-refractivity contribution in [2.24, 2.45) is 0 Å². The van der Waals surface area contributed by atoms with Crippen molar-refractivity contribution in [1.29, 1.82) is 5.26 Å². The summed E-state index contributed by atoms with van der Waals surface area (Å²) in [6, 6.07) is 8.67. The smallest absolute Gasteiger partial charge is 0.0994 e. The Bertz CT molecular complexity index is 433. The fraction of sp³-hybridized carbons (Fsp3) is 0.562. The molecule has 1 rings (SSSR count). The van der Waals surface area contributed by atoms with Crippen LogP contribution in [0.15, 0.2) is 18.2 Å². The molecule has 0 atom stereocenters. The maximum atomic E-state index is 9.06. The number of anilines is 1. The third-order valence-corrected chi connectivity index (χ3v) is 3.60. The highest BCUT2D eigenvalue weighted by Gasteiger charge is 2.16. The number of nitriles is 1. The van der Waals surface area contributed by atoms with Gasteiger partial charge >= 0.3 is 0 Å². The number of nitrogens with zero attached hydrogens (tertiary/aromatic N) is 2. The van der Waals surface area contributed by atoms with Crippen LogP contribution in [0, 0.1) is 18.3 Å². The predicted octanol–water partition coefficient (Wildman–Crippen LogP) is 3.24. The molecule has 0 saturated heterocycles. The Morgan fingerprint density at radius 2 is 2.00 bits per heavy atom. The summed E-state index contributed by atoms with van der Waals surface area (Å²) in [7, 11) is 0. The highest BCUT2D eigenvalue weighted by molar-refractivity contribution is 5.54. The molecule has 1 aromatic rings. The molecule has 3 heteroatoms. The predicted molar refractivity (Wildman–Crippen MR) is 79.3 cm³/mol. The maximum Gasteiger partial charge on any atom is 0.0994 e. The van der Waals surface area contributed by atoms with E-state index in [0.717, 1.165) is 42.6 Å². The Morgan fingerprint density at radius 1 is 1.32 bits per heavy atom. The van der Waals surface area contributed by atoms with Crippen LogP contribution >= 0.6 is 0 Å². The minimum Gasteiger partial charge on any atom is -0.396 e. The van der Waals surface area contributed by atoms with Crippen molar-refractivity contribution in [2.75, 3.05) is 18.1 Å². The zero-order chi connectivity index (χ0) is 14.3. The zero-order valence-corrected chi connectivity index (χ0v) is 12.2. The number of aliphatic hydroxyl groups is 1. The molecule has 0 spiro atoms. The van der Waals surface area contributed by atoms with Crippen LogP contribution in [0.4, 0.5) is 5.69 Å². The Balaban J connectivity index is 3.03. The first-order valence-corrected chi connectivity index (χ1v) is 7.06. The molecule has 0 radical (unpaired) electrons. The number of hydrogen-bond acceptors (Lipinski definition) is 3. The van der Waals surface area contributed by atoms with E-state index in [9.17, 15) is 0 Å². The molecule has 0 saturated carbocycles. The summed E-state index contributed by atoms with van der Waals surface area (Å²) >= 11 is 0. The van der Waals surface area contributed by atoms with Crippen molar-refractivity contribution < 1.29 is 5.11 Å². The lowest BCUT2D eigenvalue weighted by Crippen LogP contribution is -2.35. The summed E-state index contributed by atoms with van der Waals surface area (Å²) in [6.07, 6.45) is 2.94. The molecule has 19 heavy (non-hydrogen) atoms. The van der Waals surface area contributed by atoms with Gasteiger partial charge in [0.25, 0.3) is 0 Å². The summed E-state index contributed by atoms with van der Waals surface area (Å²) < 4.78 is 0. The van der Waals surface area contributed by atoms with Gasteiger partial charge in [0.15, 0.2) is 0 Å². The number of benzene rings is 1. The van der Waals surface area contributed by atoms with Crippen LogP contribution in [0.2, 0.25) is 0 Å². The number of hydrogen-bond donors (Lipinski definition) is 1. The largest absolute Gasteiger partial charge is 0.396 e. The van der Waals surface area contributed by atoms with Gasteiger partial charge in [0.1, 0.15) is 0 Å². The highest BCUT2D eigenvalue weighted by atomic mass is 16.3. The van der Waals surface area contributed by atoms with E-state index < -0.39 is 0 Å². The minimum atomic E-state index is 0.214. The fourth-order valence-corrected chi connectivity index (χ4v) is 2.44. The summed E-state index contributed by atoms with van der Waals surface area (Å²) in [5.74, 6) is 0. The Morgan fingerprint density at radius 3 is 2.47 bits per heavy atom. The standard InChI is InChI=1S/C16H24N2O/c1-4-15(5-2)18(9-6-10-19)16-8-7-14(12-17)13(3)11-16/h7-8,11,15,19H,4-6,9-10H2,1-3H3. The molecule has 0 bridgehead atoms. The van der Waals surface area contributed by atoms with Crippen LogP contribution in [0.5, 0.6) is 0 Å². The normalized spacial score (nSPS) is 10.5. The molecule has 0 amide bonds. The van der Waals surface area contributed by atoms with Crippen LogP contribution in [-0.2, 0) is 0 Å². The third kappa shape index (κ3) is 3.97. The van der Waals surface area contributed by atoms with E-state index in [0.29, 0.717) is 6.04 Å². The van der Waals surface area contributed by atoms with Gasteiger partial charge in [-0.05, 0) is 49.9 Å². The maximum absolute atomic E-state index is 9.06. The van der Waals surface area contributed by atoms with E-state index in [1.54, 1.807) is 0 Å². The lowest BCUT2D eigenvalue weighted by atomic mass is 10.0. The van der Waals surface area contributed by atoms with Crippen molar-refractivity contribution in [3.05, 3.63) is 29.3 Å². The Hall–Kier alpha value is -1.53. The molecule has 0 fully saturated rings. The van der Waals surface area contributed by atoms with Crippen molar-refractivity contribution in [1.82, 2.24) is 0 Å². The molecule has 0 aliphatic heterocycles. The first kappa shape index (κ1) is 15.5. The third-order valence-electron chi connectivity index (χ3n) is 3.60. The number of aliphatic hydroxyl groups excluding tert-OH is 1. The average Bonchev–Trinajstić information content (AvgIpc) is 2.43. The molecule has 0 unspecified atom stereocenters. The van der Waals surface area contributed by atoms with E-state index in [2.05, 4.69) is 30.9 Å². The van der Waals surface area contributed by atoms with Gasteiger partial charge in [-0.3, -0.25) is 0 Å². The molecule has 0 aliphatic rings. The Kier molecular flexibility index (Phi) is 6.38. The molecule has 3 nitrogen and oxygen atoms in total. The lowest BCUT2D eigenvalue weighted by molar-refractivity contribution is 0.287. The second-order valence-corrected chi connectivity index (χ2v) is 4.85. The van der Waals surface area contributed by atoms with Gasteiger partial charge in [-0.1, -0.05) is 13.8 Å². The highest BCUT2D eigenvalue weighted by Crippen LogP contribution is 2.23. The number of rotatable bonds is 7. The molecule has 0 aliphatic carbocycles. The molecular formula is C16H24N2O. The zero-order valence-electron chi connectivity index (χ0n) is 12.2. The second kappa shape index (κ2) is 7.81. The fourth-order valence-electron chi connectivity index (χ4n) is 2.44. The molecule has 0 aromatic heterocycles. The van der Waals surface area contributed by atoms with E-state index in [1.165, 1.54) is 0 Å². The average molecular weight is 260 g/mol. The van der Waals surface area contributed by atoms with Crippen LogP contribution in [0.3, 0.4) is 0 Å². The second-order valence-electron chi connectivity index (χ2n) is 4.85. The van der Waals surface area contributed by atoms with Gasteiger partial charge in [-0.25, -0.2) is 0 Å². The van der Waals surface area contributed by atoms with Crippen molar-refractivity contribution in [2.45, 2.75) is 46.1 Å². The molecule has 1 N–H and O–H groups in total. The first-order valence-electron chi connectivity index (χ1n) is 7.06. The summed E-state index contributed by atoms with van der Waals surface area (Å²) in [6.45, 7) is 7.42. The van der Waals surface area contributed by atoms with Crippen LogP contribution in [0.25, 0.3) is 0 Å². The quantitative estimate of drug-likeness (QED) is 0.818. The molecule has 104 valence electrons. The van der Waals surface area contributed by atoms with Gasteiger partial charge in [-0.15, -0.1) is 0 Å². The first-order chi connectivity index (χ1) is 9.17. The molecule has 0 heterocycles. The summed E-state index contributed by atoms with van der Waals surface area (Å²) in [4.78, 5) is 2.35. The van der Waals surface area contributed by atoms with Gasteiger partial charge in [0.05, 0.1) is 11.6 Å². The van der Waals surface area contributed by atoms with E-state index in [1.807, 2.05) is 19.1 Å². The van der Waals surface area contributed by atoms with E-state index in [4.69, 9.17) is 10.4 Å². The SMILES string of the molecule is CCC(CC)N(CCCO)c1ccc(C#N)c(C)c1. The molecule has 1 aromatic carbocycles. The lowest BCUT2D eigenvalue weighted by Gasteiger charge is -2.33. The van der Waals surface area contributed by atoms with Gasteiger partial charge in [0, 0.05) is 24.9 Å². The summed E-state index contributed by atoms with van der Waals surface area (Å²) in [5.41, 5.74) is 2.90. The van der Waals surface area contributed by atoms with Gasteiger partial charge < -0.3 is 10.0 Å². The van der Waals surface area contributed by atoms with Gasteiger partial charge in [-0.2, -0.15) is 5.26 Å².